The maximum absolute atomic E-state index is 15.0. The largest absolute Gasteiger partial charge is 0.492 e. The number of unbranched alkanes of at least 4 members (excludes halogenated alkanes) is 2. The number of carbonyl (C=O) groups excluding carboxylic acids is 1. The quantitative estimate of drug-likeness (QED) is 0.0373. The second-order valence-electron chi connectivity index (χ2n) is 17.3. The Morgan fingerprint density at radius 3 is 2.52 bits per heavy atom. The zero-order valence-corrected chi connectivity index (χ0v) is 37.7. The molecule has 5 aliphatic rings. The summed E-state index contributed by atoms with van der Waals surface area (Å²) in [5.74, 6) is 0.669. The lowest BCUT2D eigenvalue weighted by molar-refractivity contribution is -0.256. The Balaban J connectivity index is 1.24. The molecule has 1 saturated carbocycles. The molecule has 3 heterocycles. The number of fused-ring (bicyclic) bond motifs is 3. The summed E-state index contributed by atoms with van der Waals surface area (Å²) in [7, 11) is 0. The van der Waals surface area contributed by atoms with Crippen molar-refractivity contribution in [3.8, 4) is 23.0 Å². The van der Waals surface area contributed by atoms with Gasteiger partial charge in [0.1, 0.15) is 37.4 Å². The monoisotopic (exact) mass is 895 g/mol. The van der Waals surface area contributed by atoms with E-state index in [1.54, 1.807) is 11.0 Å². The van der Waals surface area contributed by atoms with Gasteiger partial charge in [-0.05, 0) is 91.5 Å². The summed E-state index contributed by atoms with van der Waals surface area (Å²) in [6.07, 6.45) is 8.38. The van der Waals surface area contributed by atoms with Crippen LogP contribution in [0.5, 0.6) is 23.0 Å². The number of rotatable bonds is 25. The number of aliphatic hydroxyl groups excluding tert-OH is 2. The van der Waals surface area contributed by atoms with Crippen molar-refractivity contribution in [2.45, 2.75) is 82.8 Å². The van der Waals surface area contributed by atoms with Gasteiger partial charge in [-0.2, -0.15) is 0 Å². The van der Waals surface area contributed by atoms with E-state index < -0.39 is 23.8 Å². The lowest BCUT2D eigenvalue weighted by Gasteiger charge is -2.59. The van der Waals surface area contributed by atoms with Gasteiger partial charge in [0.05, 0.1) is 31.5 Å². The van der Waals surface area contributed by atoms with Crippen LogP contribution in [-0.4, -0.2) is 116 Å². The predicted molar refractivity (Wildman–Crippen MR) is 244 cm³/mol. The van der Waals surface area contributed by atoms with Crippen molar-refractivity contribution in [1.82, 2.24) is 9.80 Å². The average Bonchev–Trinajstić information content (AvgIpc) is 4.04. The molecule has 6 unspecified atom stereocenters. The van der Waals surface area contributed by atoms with Gasteiger partial charge in [-0.1, -0.05) is 66.5 Å². The molecule has 0 spiro atoms. The van der Waals surface area contributed by atoms with E-state index in [-0.39, 0.29) is 70.5 Å². The minimum Gasteiger partial charge on any atom is -0.492 e. The van der Waals surface area contributed by atoms with Gasteiger partial charge in [-0.15, -0.1) is 6.58 Å². The molecule has 14 heteroatoms. The lowest BCUT2D eigenvalue weighted by Crippen LogP contribution is -2.70. The molecule has 2 fully saturated rings. The highest BCUT2D eigenvalue weighted by atomic mass is 16.7. The molecule has 2 N–H and O–H groups in total. The van der Waals surface area contributed by atoms with Crippen LogP contribution in [-0.2, 0) is 32.2 Å². The van der Waals surface area contributed by atoms with Crippen molar-refractivity contribution in [3.05, 3.63) is 108 Å². The van der Waals surface area contributed by atoms with E-state index in [2.05, 4.69) is 23.6 Å². The summed E-state index contributed by atoms with van der Waals surface area (Å²) in [6, 6.07) is 20.8. The van der Waals surface area contributed by atoms with Crippen LogP contribution >= 0.6 is 0 Å². The fourth-order valence-electron chi connectivity index (χ4n) is 10.0. The van der Waals surface area contributed by atoms with E-state index in [1.807, 2.05) is 67.6 Å². The van der Waals surface area contributed by atoms with Crippen LogP contribution in [0.15, 0.2) is 96.2 Å². The first kappa shape index (κ1) is 46.4. The number of aliphatic hydroxyl groups is 2. The van der Waals surface area contributed by atoms with Crippen LogP contribution in [0.25, 0.3) is 0 Å². The minimum atomic E-state index is -1.46. The van der Waals surface area contributed by atoms with E-state index in [0.717, 1.165) is 73.3 Å². The third kappa shape index (κ3) is 11.0. The molecular formula is C51H65N3O11. The van der Waals surface area contributed by atoms with Crippen molar-refractivity contribution < 1.29 is 53.0 Å². The van der Waals surface area contributed by atoms with Crippen LogP contribution in [0, 0.1) is 17.8 Å². The van der Waals surface area contributed by atoms with Gasteiger partial charge in [0.25, 0.3) is 0 Å². The first-order valence-corrected chi connectivity index (χ1v) is 23.5. The molecule has 2 aliphatic carbocycles. The van der Waals surface area contributed by atoms with E-state index in [4.69, 9.17) is 43.2 Å². The fourth-order valence-corrected chi connectivity index (χ4v) is 10.0. The molecule has 3 aliphatic heterocycles. The van der Waals surface area contributed by atoms with E-state index >= 15 is 0 Å². The molecule has 65 heavy (non-hydrogen) atoms. The van der Waals surface area contributed by atoms with Crippen LogP contribution in [0.2, 0.25) is 0 Å². The summed E-state index contributed by atoms with van der Waals surface area (Å²) in [5, 5.41) is 24.8. The standard InChI is InChI=1S/C51H65N3O11/c1-3-25-63-51-47(54(33-37-16-18-45-46(29-37)62-35-61-45)50(57)60-28-27-58-34-36-12-6-5-7-13-36)32-43(52-64-4-2)41-30-38(14-8-10-23-55)40(15-9-11-24-56)48(49(41)51)42-31-39(17-19-44(42)65-51)59-26-22-53-20-21-53/h3,5-7,12-13,16-19,29-31,38,40,47-49,55-56H,1,4,8-11,14-15,20-28,32-35H2,2H3. The number of hydrogen-bond acceptors (Lipinski definition) is 13. The Hall–Kier alpha value is -5.12. The lowest BCUT2D eigenvalue weighted by atomic mass is 9.55. The van der Waals surface area contributed by atoms with Crippen LogP contribution < -0.4 is 18.9 Å². The first-order valence-electron chi connectivity index (χ1n) is 23.5. The molecule has 1 amide bonds. The Bertz CT molecular complexity index is 2110. The molecule has 1 saturated heterocycles. The van der Waals surface area contributed by atoms with Gasteiger partial charge >= 0.3 is 6.09 Å². The third-order valence-corrected chi connectivity index (χ3v) is 13.1. The number of oxime groups is 1. The second-order valence-corrected chi connectivity index (χ2v) is 17.3. The maximum Gasteiger partial charge on any atom is 0.410 e. The Kier molecular flexibility index (Phi) is 16.0. The number of benzene rings is 3. The molecule has 14 nitrogen and oxygen atoms in total. The highest BCUT2D eigenvalue weighted by Gasteiger charge is 2.65. The number of nitrogens with zero attached hydrogens (tertiary/aromatic N) is 3. The van der Waals surface area contributed by atoms with Crippen LogP contribution in [0.4, 0.5) is 4.79 Å². The Labute approximate surface area is 382 Å². The van der Waals surface area contributed by atoms with Crippen molar-refractivity contribution >= 4 is 11.8 Å². The molecule has 0 aromatic heterocycles. The van der Waals surface area contributed by atoms with Crippen molar-refractivity contribution in [2.24, 2.45) is 22.9 Å². The minimum absolute atomic E-state index is 0.0142. The third-order valence-electron chi connectivity index (χ3n) is 13.1. The van der Waals surface area contributed by atoms with Gasteiger partial charge in [0, 0.05) is 57.3 Å². The molecular weight excluding hydrogens is 831 g/mol. The molecule has 350 valence electrons. The van der Waals surface area contributed by atoms with E-state index in [0.29, 0.717) is 55.6 Å². The number of carbonyl (C=O) groups is 1. The molecule has 3 aromatic carbocycles. The Morgan fingerprint density at radius 2 is 1.74 bits per heavy atom. The highest BCUT2D eigenvalue weighted by Crippen LogP contribution is 2.62. The topological polar surface area (TPSA) is 150 Å². The molecule has 6 atom stereocenters. The molecule has 0 radical (unpaired) electrons. The number of amides is 1. The smallest absolute Gasteiger partial charge is 0.410 e. The van der Waals surface area contributed by atoms with Gasteiger partial charge in [0.2, 0.25) is 12.6 Å². The molecule has 8 rings (SSSR count). The Morgan fingerprint density at radius 1 is 0.938 bits per heavy atom. The fraction of sp³-hybridized carbons (Fsp3) is 0.529. The maximum atomic E-state index is 15.0. The van der Waals surface area contributed by atoms with Gasteiger partial charge in [-0.3, -0.25) is 9.80 Å². The van der Waals surface area contributed by atoms with Crippen molar-refractivity contribution in [1.29, 1.82) is 0 Å². The number of allylic oxidation sites excluding steroid dienone is 1. The first-order chi connectivity index (χ1) is 32.0. The normalized spacial score (nSPS) is 24.3. The van der Waals surface area contributed by atoms with E-state index in [1.165, 1.54) is 0 Å². The molecule has 3 aromatic rings. The van der Waals surface area contributed by atoms with Gasteiger partial charge in [0.15, 0.2) is 11.5 Å². The van der Waals surface area contributed by atoms with Gasteiger partial charge in [-0.25, -0.2) is 4.79 Å². The average molecular weight is 896 g/mol. The molecule has 0 bridgehead atoms. The summed E-state index contributed by atoms with van der Waals surface area (Å²) < 4.78 is 44.5. The summed E-state index contributed by atoms with van der Waals surface area (Å²) in [5.41, 5.74) is 4.48. The summed E-state index contributed by atoms with van der Waals surface area (Å²) in [6.45, 7) is 11.1. The number of hydrogen-bond donors (Lipinski definition) is 2. The van der Waals surface area contributed by atoms with Crippen LogP contribution in [0.3, 0.4) is 0 Å². The SMILES string of the molecule is C=CCOC12Oc3ccc(OCCN4CC4)cc3C3C(CCCCO)C(CCCCO)C=C(C(=NOCC)CC1N(Cc1ccc4c(c1)OCO4)C(=O)OCCOCc1ccccc1)C32. The zero-order chi connectivity index (χ0) is 45.0. The summed E-state index contributed by atoms with van der Waals surface area (Å²) >= 11 is 0. The van der Waals surface area contributed by atoms with Crippen molar-refractivity contribution in [3.63, 3.8) is 0 Å². The van der Waals surface area contributed by atoms with E-state index in [9.17, 15) is 15.0 Å². The van der Waals surface area contributed by atoms with Crippen LogP contribution in [0.1, 0.15) is 74.5 Å². The van der Waals surface area contributed by atoms with Crippen molar-refractivity contribution in [2.75, 3.05) is 72.7 Å². The highest BCUT2D eigenvalue weighted by molar-refractivity contribution is 6.03. The summed E-state index contributed by atoms with van der Waals surface area (Å²) in [4.78, 5) is 24.9. The second kappa shape index (κ2) is 22.4. The van der Waals surface area contributed by atoms with Gasteiger partial charge < -0.3 is 48.2 Å². The predicted octanol–water partition coefficient (Wildman–Crippen LogP) is 7.62. The number of ether oxygens (including phenoxy) is 7. The zero-order valence-electron chi connectivity index (χ0n) is 37.7.